The van der Waals surface area contributed by atoms with Crippen LogP contribution in [0.1, 0.15) is 38.4 Å². The van der Waals surface area contributed by atoms with E-state index >= 15 is 0 Å². The number of aryl methyl sites for hydroxylation is 3. The van der Waals surface area contributed by atoms with Gasteiger partial charge in [0.2, 0.25) is 0 Å². The lowest BCUT2D eigenvalue weighted by Crippen LogP contribution is -2.27. The molecule has 1 amide bonds. The van der Waals surface area contributed by atoms with E-state index in [1.807, 2.05) is 68.7 Å². The minimum atomic E-state index is -0.357. The second kappa shape index (κ2) is 8.26. The summed E-state index contributed by atoms with van der Waals surface area (Å²) in [6.45, 7) is 8.43. The van der Waals surface area contributed by atoms with Crippen molar-refractivity contribution in [2.24, 2.45) is 0 Å². The van der Waals surface area contributed by atoms with Gasteiger partial charge in [0, 0.05) is 29.7 Å². The van der Waals surface area contributed by atoms with Crippen LogP contribution in [0.2, 0.25) is 0 Å². The lowest BCUT2D eigenvalue weighted by Gasteiger charge is -2.18. The molecule has 0 bridgehead atoms. The lowest BCUT2D eigenvalue weighted by atomic mass is 10.1. The number of anilines is 1. The Labute approximate surface area is 165 Å². The molecule has 4 heteroatoms. The molecule has 0 spiro atoms. The Morgan fingerprint density at radius 2 is 1.68 bits per heavy atom. The SMILES string of the molecule is Cc1cccc(NC(=O)c2c(C)n(CCc3ccccc3)c(C)cc2=O)c1C. The first-order chi connectivity index (χ1) is 13.4. The van der Waals surface area contributed by atoms with Gasteiger partial charge in [-0.25, -0.2) is 0 Å². The summed E-state index contributed by atoms with van der Waals surface area (Å²) < 4.78 is 2.05. The Morgan fingerprint density at radius 1 is 0.964 bits per heavy atom. The zero-order valence-corrected chi connectivity index (χ0v) is 16.9. The highest BCUT2D eigenvalue weighted by molar-refractivity contribution is 6.05. The molecule has 0 radical (unpaired) electrons. The Hall–Kier alpha value is -3.14. The number of carbonyl (C=O) groups is 1. The van der Waals surface area contributed by atoms with E-state index in [0.29, 0.717) is 12.2 Å². The maximum Gasteiger partial charge on any atom is 0.261 e. The van der Waals surface area contributed by atoms with E-state index in [4.69, 9.17) is 0 Å². The highest BCUT2D eigenvalue weighted by atomic mass is 16.2. The number of benzene rings is 2. The number of pyridine rings is 1. The summed E-state index contributed by atoms with van der Waals surface area (Å²) in [7, 11) is 0. The van der Waals surface area contributed by atoms with Gasteiger partial charge in [-0.3, -0.25) is 9.59 Å². The van der Waals surface area contributed by atoms with E-state index in [9.17, 15) is 9.59 Å². The predicted octanol–water partition coefficient (Wildman–Crippen LogP) is 4.58. The third-order valence-corrected chi connectivity index (χ3v) is 5.33. The van der Waals surface area contributed by atoms with Crippen molar-refractivity contribution in [1.29, 1.82) is 0 Å². The first kappa shape index (κ1) is 19.6. The number of carbonyl (C=O) groups excluding carboxylic acids is 1. The van der Waals surface area contributed by atoms with Gasteiger partial charge >= 0.3 is 0 Å². The number of nitrogens with zero attached hydrogens (tertiary/aromatic N) is 1. The number of hydrogen-bond acceptors (Lipinski definition) is 2. The molecule has 4 nitrogen and oxygen atoms in total. The second-order valence-electron chi connectivity index (χ2n) is 7.20. The van der Waals surface area contributed by atoms with Gasteiger partial charge in [-0.1, -0.05) is 42.5 Å². The molecule has 0 aliphatic rings. The summed E-state index contributed by atoms with van der Waals surface area (Å²) in [6, 6.07) is 17.5. The largest absolute Gasteiger partial charge is 0.348 e. The van der Waals surface area contributed by atoms with E-state index in [-0.39, 0.29) is 16.9 Å². The lowest BCUT2D eigenvalue weighted by molar-refractivity contribution is 0.102. The fourth-order valence-electron chi connectivity index (χ4n) is 3.49. The van der Waals surface area contributed by atoms with Crippen molar-refractivity contribution in [1.82, 2.24) is 4.57 Å². The summed E-state index contributed by atoms with van der Waals surface area (Å²) in [4.78, 5) is 25.5. The molecule has 0 unspecified atom stereocenters. The third kappa shape index (κ3) is 4.06. The van der Waals surface area contributed by atoms with Gasteiger partial charge in [0.25, 0.3) is 5.91 Å². The fraction of sp³-hybridized carbons (Fsp3) is 0.250. The normalized spacial score (nSPS) is 10.7. The highest BCUT2D eigenvalue weighted by Crippen LogP contribution is 2.19. The van der Waals surface area contributed by atoms with Gasteiger partial charge in [0.05, 0.1) is 0 Å². The average molecular weight is 374 g/mol. The molecule has 0 fully saturated rings. The van der Waals surface area contributed by atoms with Crippen molar-refractivity contribution in [2.45, 2.75) is 40.7 Å². The fourth-order valence-corrected chi connectivity index (χ4v) is 3.49. The van der Waals surface area contributed by atoms with Crippen LogP contribution in [-0.4, -0.2) is 10.5 Å². The van der Waals surface area contributed by atoms with Crippen LogP contribution >= 0.6 is 0 Å². The van der Waals surface area contributed by atoms with Crippen molar-refractivity contribution in [3.8, 4) is 0 Å². The number of nitrogens with one attached hydrogen (secondary N) is 1. The molecular weight excluding hydrogens is 348 g/mol. The van der Waals surface area contributed by atoms with Crippen molar-refractivity contribution in [2.75, 3.05) is 5.32 Å². The summed E-state index contributed by atoms with van der Waals surface area (Å²) in [6.07, 6.45) is 0.837. The average Bonchev–Trinajstić information content (AvgIpc) is 2.66. The molecule has 0 aliphatic heterocycles. The van der Waals surface area contributed by atoms with Crippen molar-refractivity contribution < 1.29 is 4.79 Å². The zero-order chi connectivity index (χ0) is 20.3. The Balaban J connectivity index is 1.91. The molecule has 0 saturated carbocycles. The van der Waals surface area contributed by atoms with Gasteiger partial charge in [-0.2, -0.15) is 0 Å². The monoisotopic (exact) mass is 374 g/mol. The molecule has 0 aliphatic carbocycles. The van der Waals surface area contributed by atoms with Crippen LogP contribution in [0.25, 0.3) is 0 Å². The smallest absolute Gasteiger partial charge is 0.261 e. The van der Waals surface area contributed by atoms with Crippen LogP contribution in [0.15, 0.2) is 59.4 Å². The Morgan fingerprint density at radius 3 is 2.39 bits per heavy atom. The maximum atomic E-state index is 12.9. The molecule has 1 heterocycles. The van der Waals surface area contributed by atoms with E-state index in [2.05, 4.69) is 17.4 Å². The van der Waals surface area contributed by atoms with Crippen LogP contribution in [0.3, 0.4) is 0 Å². The number of rotatable bonds is 5. The van der Waals surface area contributed by atoms with Gasteiger partial charge in [-0.15, -0.1) is 0 Å². The zero-order valence-electron chi connectivity index (χ0n) is 16.9. The molecule has 2 aromatic carbocycles. The van der Waals surface area contributed by atoms with Crippen molar-refractivity contribution in [3.05, 3.63) is 98.5 Å². The summed E-state index contributed by atoms with van der Waals surface area (Å²) in [5, 5.41) is 2.92. The molecule has 3 rings (SSSR count). The van der Waals surface area contributed by atoms with Gasteiger partial charge in [0.1, 0.15) is 5.56 Å². The van der Waals surface area contributed by atoms with E-state index < -0.39 is 0 Å². The van der Waals surface area contributed by atoms with E-state index in [1.54, 1.807) is 6.07 Å². The number of aromatic nitrogens is 1. The first-order valence-electron chi connectivity index (χ1n) is 9.51. The van der Waals surface area contributed by atoms with Gasteiger partial charge < -0.3 is 9.88 Å². The molecule has 28 heavy (non-hydrogen) atoms. The Kier molecular flexibility index (Phi) is 5.78. The molecule has 1 aromatic heterocycles. The van der Waals surface area contributed by atoms with Crippen LogP contribution in [0.5, 0.6) is 0 Å². The van der Waals surface area contributed by atoms with Crippen LogP contribution in [-0.2, 0) is 13.0 Å². The summed E-state index contributed by atoms with van der Waals surface area (Å²) in [5.74, 6) is -0.357. The minimum Gasteiger partial charge on any atom is -0.348 e. The molecule has 1 N–H and O–H groups in total. The molecule has 3 aromatic rings. The number of hydrogen-bond donors (Lipinski definition) is 1. The molecule has 144 valence electrons. The number of amides is 1. The molecule has 0 saturated heterocycles. The molecular formula is C24H26N2O2. The highest BCUT2D eigenvalue weighted by Gasteiger charge is 2.18. The topological polar surface area (TPSA) is 51.1 Å². The standard InChI is InChI=1S/C24H26N2O2/c1-16-9-8-12-21(18(16)3)25-24(28)23-19(4)26(17(2)15-22(23)27)14-13-20-10-6-5-7-11-20/h5-12,15H,13-14H2,1-4H3,(H,25,28). The van der Waals surface area contributed by atoms with Crippen LogP contribution < -0.4 is 10.7 Å². The van der Waals surface area contributed by atoms with E-state index in [0.717, 1.165) is 28.9 Å². The Bertz CT molecular complexity index is 1070. The summed E-state index contributed by atoms with van der Waals surface area (Å²) >= 11 is 0. The second-order valence-corrected chi connectivity index (χ2v) is 7.20. The van der Waals surface area contributed by atoms with Gasteiger partial charge in [-0.05, 0) is 56.9 Å². The van der Waals surface area contributed by atoms with Crippen molar-refractivity contribution >= 4 is 11.6 Å². The molecule has 0 atom stereocenters. The summed E-state index contributed by atoms with van der Waals surface area (Å²) in [5.41, 5.74) is 5.59. The van der Waals surface area contributed by atoms with E-state index in [1.165, 1.54) is 5.56 Å². The van der Waals surface area contributed by atoms with Crippen molar-refractivity contribution in [3.63, 3.8) is 0 Å². The third-order valence-electron chi connectivity index (χ3n) is 5.33. The quantitative estimate of drug-likeness (QED) is 0.711. The maximum absolute atomic E-state index is 12.9. The minimum absolute atomic E-state index is 0.208. The van der Waals surface area contributed by atoms with Crippen LogP contribution in [0.4, 0.5) is 5.69 Å². The first-order valence-corrected chi connectivity index (χ1v) is 9.51. The predicted molar refractivity (Wildman–Crippen MR) is 114 cm³/mol. The van der Waals surface area contributed by atoms with Gasteiger partial charge in [0.15, 0.2) is 5.43 Å². The van der Waals surface area contributed by atoms with Crippen LogP contribution in [0, 0.1) is 27.7 Å².